The van der Waals surface area contributed by atoms with Crippen molar-refractivity contribution in [3.8, 4) is 0 Å². The van der Waals surface area contributed by atoms with Gasteiger partial charge in [-0.1, -0.05) is 33.6 Å². The van der Waals surface area contributed by atoms with Crippen molar-refractivity contribution >= 4 is 29.2 Å². The fourth-order valence-corrected chi connectivity index (χ4v) is 3.98. The van der Waals surface area contributed by atoms with Gasteiger partial charge in [0.25, 0.3) is 0 Å². The van der Waals surface area contributed by atoms with Gasteiger partial charge in [0.2, 0.25) is 5.95 Å². The van der Waals surface area contributed by atoms with Crippen molar-refractivity contribution in [2.24, 2.45) is 5.92 Å². The van der Waals surface area contributed by atoms with Gasteiger partial charge >= 0.3 is 6.09 Å². The smallest absolute Gasteiger partial charge is 0.415 e. The van der Waals surface area contributed by atoms with Crippen LogP contribution in [0.25, 0.3) is 0 Å². The molecule has 1 saturated heterocycles. The molecule has 1 fully saturated rings. The molecule has 1 N–H and O–H groups in total. The second-order valence-corrected chi connectivity index (χ2v) is 8.05. The maximum absolute atomic E-state index is 12.2. The van der Waals surface area contributed by atoms with E-state index in [1.54, 1.807) is 28.5 Å². The summed E-state index contributed by atoms with van der Waals surface area (Å²) in [6.45, 7) is 8.71. The van der Waals surface area contributed by atoms with Gasteiger partial charge in [-0.05, 0) is 25.3 Å². The minimum atomic E-state index is -0.351. The highest BCUT2D eigenvalue weighted by atomic mass is 32.1. The zero-order valence-corrected chi connectivity index (χ0v) is 17.1. The Kier molecular flexibility index (Phi) is 6.26. The summed E-state index contributed by atoms with van der Waals surface area (Å²) in [5.74, 6) is 1.35. The van der Waals surface area contributed by atoms with Gasteiger partial charge in [0, 0.05) is 17.3 Å². The number of cyclic esters (lactones) is 1. The topological polar surface area (TPSA) is 80.2 Å². The molecule has 0 spiro atoms. The van der Waals surface area contributed by atoms with Crippen LogP contribution in [0.5, 0.6) is 0 Å². The van der Waals surface area contributed by atoms with Gasteiger partial charge in [-0.25, -0.2) is 14.8 Å². The summed E-state index contributed by atoms with van der Waals surface area (Å²) in [5.41, 5.74) is 1.02. The molecule has 0 aromatic carbocycles. The minimum Gasteiger partial charge on any atom is -0.447 e. The molecule has 1 aliphatic heterocycles. The number of ether oxygens (including phenoxy) is 1. The lowest BCUT2D eigenvalue weighted by Gasteiger charge is -2.24. The minimum absolute atomic E-state index is 0.0160. The van der Waals surface area contributed by atoms with Crippen LogP contribution in [-0.2, 0) is 4.74 Å². The summed E-state index contributed by atoms with van der Waals surface area (Å²) < 4.78 is 5.24. The van der Waals surface area contributed by atoms with E-state index in [1.807, 2.05) is 6.92 Å². The van der Waals surface area contributed by atoms with Crippen LogP contribution in [-0.4, -0.2) is 33.7 Å². The molecule has 0 radical (unpaired) electrons. The van der Waals surface area contributed by atoms with E-state index in [9.17, 15) is 4.79 Å². The Hall–Kier alpha value is -2.22. The maximum atomic E-state index is 12.2. The number of aryl methyl sites for hydroxylation is 1. The van der Waals surface area contributed by atoms with Crippen molar-refractivity contribution in [2.45, 2.75) is 59.0 Å². The quantitative estimate of drug-likeness (QED) is 0.712. The number of hydrogen-bond donors (Lipinski definition) is 1. The first-order chi connectivity index (χ1) is 13.0. The first-order valence-electron chi connectivity index (χ1n) is 9.47. The average Bonchev–Trinajstić information content (AvgIpc) is 3.24. The van der Waals surface area contributed by atoms with Gasteiger partial charge in [0.1, 0.15) is 17.4 Å². The molecule has 1 aliphatic rings. The number of rotatable bonds is 8. The van der Waals surface area contributed by atoms with E-state index in [1.165, 1.54) is 0 Å². The lowest BCUT2D eigenvalue weighted by molar-refractivity contribution is 0.177. The molecular weight excluding hydrogens is 362 g/mol. The zero-order valence-electron chi connectivity index (χ0n) is 16.3. The SMILES string of the molecule is CCCCC(Nc1nccc(N2C(=O)OC[C@@H]2C(C)C)n1)c1nc(C)cs1. The summed E-state index contributed by atoms with van der Waals surface area (Å²) in [5, 5.41) is 6.51. The molecule has 2 aromatic heterocycles. The molecule has 7 nitrogen and oxygen atoms in total. The van der Waals surface area contributed by atoms with Crippen LogP contribution in [0.2, 0.25) is 0 Å². The number of nitrogens with one attached hydrogen (secondary N) is 1. The van der Waals surface area contributed by atoms with E-state index in [0.29, 0.717) is 18.4 Å². The Morgan fingerprint density at radius 3 is 2.89 bits per heavy atom. The lowest BCUT2D eigenvalue weighted by Crippen LogP contribution is -2.37. The van der Waals surface area contributed by atoms with Crippen molar-refractivity contribution in [1.29, 1.82) is 0 Å². The van der Waals surface area contributed by atoms with Crippen LogP contribution in [0.3, 0.4) is 0 Å². The van der Waals surface area contributed by atoms with Gasteiger partial charge in [-0.2, -0.15) is 4.98 Å². The van der Waals surface area contributed by atoms with Gasteiger partial charge in [-0.15, -0.1) is 11.3 Å². The standard InChI is InChI=1S/C19H27N5O2S/c1-5-6-7-14(17-21-13(4)11-27-17)22-18-20-9-8-16(23-18)24-15(12(2)3)10-26-19(24)25/h8-9,11-12,14-15H,5-7,10H2,1-4H3,(H,20,22,23)/t14?,15-/m1/s1. The third-order valence-electron chi connectivity index (χ3n) is 4.65. The largest absolute Gasteiger partial charge is 0.447 e. The van der Waals surface area contributed by atoms with Crippen LogP contribution < -0.4 is 10.2 Å². The van der Waals surface area contributed by atoms with Gasteiger partial charge in [-0.3, -0.25) is 4.90 Å². The van der Waals surface area contributed by atoms with E-state index in [4.69, 9.17) is 4.74 Å². The lowest BCUT2D eigenvalue weighted by atomic mass is 10.0. The molecule has 0 saturated carbocycles. The summed E-state index contributed by atoms with van der Waals surface area (Å²) >= 11 is 1.65. The van der Waals surface area contributed by atoms with Crippen LogP contribution in [0.15, 0.2) is 17.6 Å². The van der Waals surface area contributed by atoms with Gasteiger partial charge in [0.15, 0.2) is 0 Å². The Balaban J connectivity index is 1.82. The van der Waals surface area contributed by atoms with Crippen molar-refractivity contribution < 1.29 is 9.53 Å². The molecule has 2 atom stereocenters. The first-order valence-corrected chi connectivity index (χ1v) is 10.3. The van der Waals surface area contributed by atoms with Crippen LogP contribution in [0.1, 0.15) is 56.8 Å². The number of aromatic nitrogens is 3. The van der Waals surface area contributed by atoms with Gasteiger partial charge < -0.3 is 10.1 Å². The van der Waals surface area contributed by atoms with Crippen molar-refractivity contribution in [3.05, 3.63) is 28.3 Å². The molecule has 1 amide bonds. The van der Waals surface area contributed by atoms with Crippen molar-refractivity contribution in [3.63, 3.8) is 0 Å². The number of unbranched alkanes of at least 4 members (excludes halogenated alkanes) is 1. The Labute approximate surface area is 164 Å². The fourth-order valence-electron chi connectivity index (χ4n) is 3.10. The zero-order chi connectivity index (χ0) is 19.4. The van der Waals surface area contributed by atoms with Gasteiger partial charge in [0.05, 0.1) is 12.1 Å². The predicted octanol–water partition coefficient (Wildman–Crippen LogP) is 4.57. The number of thiazole rings is 1. The molecule has 3 heterocycles. The summed E-state index contributed by atoms with van der Waals surface area (Å²) in [7, 11) is 0. The number of carbonyl (C=O) groups excluding carboxylic acids is 1. The third-order valence-corrected chi connectivity index (χ3v) is 5.72. The maximum Gasteiger partial charge on any atom is 0.415 e. The van der Waals surface area contributed by atoms with E-state index in [2.05, 4.69) is 46.4 Å². The van der Waals surface area contributed by atoms with E-state index < -0.39 is 0 Å². The van der Waals surface area contributed by atoms with Crippen LogP contribution in [0.4, 0.5) is 16.6 Å². The summed E-state index contributed by atoms with van der Waals surface area (Å²) in [4.78, 5) is 27.4. The number of hydrogen-bond acceptors (Lipinski definition) is 7. The second-order valence-electron chi connectivity index (χ2n) is 7.16. The Morgan fingerprint density at radius 1 is 1.41 bits per heavy atom. The first kappa shape index (κ1) is 19.5. The average molecular weight is 390 g/mol. The van der Waals surface area contributed by atoms with E-state index in [-0.39, 0.29) is 24.1 Å². The molecule has 0 aliphatic carbocycles. The van der Waals surface area contributed by atoms with E-state index in [0.717, 1.165) is 30.0 Å². The normalized spacial score (nSPS) is 18.0. The molecule has 3 rings (SSSR count). The van der Waals surface area contributed by atoms with E-state index >= 15 is 0 Å². The highest BCUT2D eigenvalue weighted by molar-refractivity contribution is 7.09. The highest BCUT2D eigenvalue weighted by Crippen LogP contribution is 2.29. The number of amides is 1. The molecule has 1 unspecified atom stereocenters. The van der Waals surface area contributed by atoms with Crippen LogP contribution >= 0.6 is 11.3 Å². The number of anilines is 2. The predicted molar refractivity (Wildman–Crippen MR) is 107 cm³/mol. The molecule has 146 valence electrons. The molecule has 27 heavy (non-hydrogen) atoms. The monoisotopic (exact) mass is 389 g/mol. The van der Waals surface area contributed by atoms with Crippen LogP contribution in [0, 0.1) is 12.8 Å². The molecule has 2 aromatic rings. The molecule has 0 bridgehead atoms. The van der Waals surface area contributed by atoms with Crippen molar-refractivity contribution in [2.75, 3.05) is 16.8 Å². The summed E-state index contributed by atoms with van der Waals surface area (Å²) in [6.07, 6.45) is 4.48. The number of carbonyl (C=O) groups is 1. The molecule has 8 heteroatoms. The summed E-state index contributed by atoms with van der Waals surface area (Å²) in [6, 6.07) is 1.80. The second kappa shape index (κ2) is 8.65. The fraction of sp³-hybridized carbons (Fsp3) is 0.579. The van der Waals surface area contributed by atoms with Crippen molar-refractivity contribution in [1.82, 2.24) is 15.0 Å². The highest BCUT2D eigenvalue weighted by Gasteiger charge is 2.37. The Morgan fingerprint density at radius 2 is 2.22 bits per heavy atom. The third kappa shape index (κ3) is 4.55. The Bertz CT molecular complexity index is 779. The number of nitrogens with zero attached hydrogens (tertiary/aromatic N) is 4. The molecular formula is C19H27N5O2S.